The van der Waals surface area contributed by atoms with Crippen molar-refractivity contribution in [2.45, 2.75) is 38.7 Å². The van der Waals surface area contributed by atoms with Crippen molar-refractivity contribution < 1.29 is 35.5 Å². The van der Waals surface area contributed by atoms with Crippen molar-refractivity contribution in [3.63, 3.8) is 0 Å². The average molecular weight is 611 g/mol. The summed E-state index contributed by atoms with van der Waals surface area (Å²) in [5.74, 6) is -6.38. The molecule has 0 aliphatic heterocycles. The lowest BCUT2D eigenvalue weighted by Crippen LogP contribution is -2.25. The summed E-state index contributed by atoms with van der Waals surface area (Å²) in [6.45, 7) is 2.08. The molecule has 5 rings (SSSR count). The Morgan fingerprint density at radius 1 is 0.614 bits per heavy atom. The van der Waals surface area contributed by atoms with E-state index < -0.39 is 46.5 Å². The fourth-order valence-electron chi connectivity index (χ4n) is 4.70. The number of aryl methyl sites for hydroxylation is 1. The Morgan fingerprint density at radius 3 is 1.82 bits per heavy atom. The second-order valence-electron chi connectivity index (χ2n) is 10.2. The maximum absolute atomic E-state index is 15.0. The molecule has 4 aromatic carbocycles. The van der Waals surface area contributed by atoms with E-state index in [4.69, 9.17) is 0 Å². The monoisotopic (exact) mass is 610 g/mol. The third-order valence-corrected chi connectivity index (χ3v) is 7.00. The molecule has 0 bridgehead atoms. The van der Waals surface area contributed by atoms with Gasteiger partial charge in [-0.1, -0.05) is 50.1 Å². The number of halogens is 7. The van der Waals surface area contributed by atoms with E-state index in [0.717, 1.165) is 73.7 Å². The first kappa shape index (κ1) is 30.7. The standard InChI is InChI=1S/C34H25F7N2O/c1-2-3-4-5-20-18-42-33(43-19-20)24-16-30(38)32(31(39)17-24)34(40,41)44-25-10-6-21(7-11-25)22-8-12-26(28(36)14-22)23-9-13-27(35)29(37)15-23/h6-19H,2-5H2,1H3. The van der Waals surface area contributed by atoms with Gasteiger partial charge in [0.05, 0.1) is 0 Å². The summed E-state index contributed by atoms with van der Waals surface area (Å²) < 4.78 is 106. The second-order valence-corrected chi connectivity index (χ2v) is 10.2. The van der Waals surface area contributed by atoms with Crippen LogP contribution in [0.3, 0.4) is 0 Å². The molecular weight excluding hydrogens is 585 g/mol. The van der Waals surface area contributed by atoms with E-state index in [1.807, 2.05) is 0 Å². The van der Waals surface area contributed by atoms with Gasteiger partial charge in [-0.25, -0.2) is 31.9 Å². The van der Waals surface area contributed by atoms with E-state index in [1.54, 1.807) is 12.4 Å². The van der Waals surface area contributed by atoms with Crippen molar-refractivity contribution in [2.24, 2.45) is 0 Å². The van der Waals surface area contributed by atoms with Gasteiger partial charge in [0, 0.05) is 23.5 Å². The zero-order valence-corrected chi connectivity index (χ0v) is 23.4. The normalized spacial score (nSPS) is 11.5. The minimum Gasteiger partial charge on any atom is -0.429 e. The summed E-state index contributed by atoms with van der Waals surface area (Å²) in [7, 11) is 0. The Labute approximate surface area is 249 Å². The lowest BCUT2D eigenvalue weighted by Gasteiger charge is -2.20. The van der Waals surface area contributed by atoms with Crippen LogP contribution in [-0.4, -0.2) is 9.97 Å². The molecule has 0 spiro atoms. The molecule has 0 aliphatic carbocycles. The van der Waals surface area contributed by atoms with Gasteiger partial charge in [0.2, 0.25) is 0 Å². The Hall–Kier alpha value is -4.73. The minimum absolute atomic E-state index is 0.0114. The molecule has 0 saturated heterocycles. The number of hydrogen-bond donors (Lipinski definition) is 0. The molecule has 1 heterocycles. The number of hydrogen-bond acceptors (Lipinski definition) is 3. The molecule has 5 aromatic rings. The maximum atomic E-state index is 15.0. The molecule has 0 amide bonds. The van der Waals surface area contributed by atoms with Crippen LogP contribution in [0.1, 0.15) is 37.3 Å². The molecule has 0 aliphatic rings. The molecular formula is C34H25F7N2O. The van der Waals surface area contributed by atoms with Crippen LogP contribution in [0.25, 0.3) is 33.6 Å². The molecule has 3 nitrogen and oxygen atoms in total. The third kappa shape index (κ3) is 6.74. The highest BCUT2D eigenvalue weighted by Crippen LogP contribution is 2.37. The van der Waals surface area contributed by atoms with Crippen molar-refractivity contribution in [1.29, 1.82) is 0 Å². The molecule has 226 valence electrons. The van der Waals surface area contributed by atoms with Crippen LogP contribution < -0.4 is 4.74 Å². The Balaban J connectivity index is 1.31. The number of alkyl halides is 2. The maximum Gasteiger partial charge on any atom is 0.432 e. The van der Waals surface area contributed by atoms with Crippen molar-refractivity contribution in [3.05, 3.63) is 125 Å². The highest BCUT2D eigenvalue weighted by molar-refractivity contribution is 5.71. The number of aromatic nitrogens is 2. The average Bonchev–Trinajstić information content (AvgIpc) is 2.99. The quantitative estimate of drug-likeness (QED) is 0.117. The van der Waals surface area contributed by atoms with Gasteiger partial charge in [0.25, 0.3) is 0 Å². The van der Waals surface area contributed by atoms with E-state index in [1.165, 1.54) is 30.3 Å². The Bertz CT molecular complexity index is 1750. The largest absolute Gasteiger partial charge is 0.432 e. The van der Waals surface area contributed by atoms with E-state index in [9.17, 15) is 22.0 Å². The fraction of sp³-hybridized carbons (Fsp3) is 0.176. The van der Waals surface area contributed by atoms with Gasteiger partial charge in [-0.05, 0) is 77.6 Å². The lowest BCUT2D eigenvalue weighted by atomic mass is 9.99. The summed E-state index contributed by atoms with van der Waals surface area (Å²) in [6.07, 6.45) is 2.49. The van der Waals surface area contributed by atoms with Gasteiger partial charge < -0.3 is 4.74 Å². The summed E-state index contributed by atoms with van der Waals surface area (Å²) in [4.78, 5) is 8.24. The predicted molar refractivity (Wildman–Crippen MR) is 152 cm³/mol. The molecule has 0 fully saturated rings. The predicted octanol–water partition coefficient (Wildman–Crippen LogP) is 10.0. The Kier molecular flexibility index (Phi) is 8.98. The van der Waals surface area contributed by atoms with Crippen molar-refractivity contribution in [1.82, 2.24) is 9.97 Å². The topological polar surface area (TPSA) is 35.0 Å². The smallest absolute Gasteiger partial charge is 0.429 e. The van der Waals surface area contributed by atoms with Crippen molar-refractivity contribution in [3.8, 4) is 39.4 Å². The van der Waals surface area contributed by atoms with Gasteiger partial charge in [0.15, 0.2) is 17.5 Å². The van der Waals surface area contributed by atoms with Crippen LogP contribution in [0, 0.1) is 29.1 Å². The highest BCUT2D eigenvalue weighted by atomic mass is 19.3. The van der Waals surface area contributed by atoms with Crippen LogP contribution in [-0.2, 0) is 12.5 Å². The molecule has 44 heavy (non-hydrogen) atoms. The first-order valence-electron chi connectivity index (χ1n) is 13.8. The zero-order valence-electron chi connectivity index (χ0n) is 23.4. The van der Waals surface area contributed by atoms with Crippen LogP contribution >= 0.6 is 0 Å². The number of ether oxygens (including phenoxy) is 1. The minimum atomic E-state index is -4.38. The van der Waals surface area contributed by atoms with Crippen LogP contribution in [0.15, 0.2) is 85.2 Å². The molecule has 0 N–H and O–H groups in total. The zero-order chi connectivity index (χ0) is 31.4. The van der Waals surface area contributed by atoms with E-state index in [-0.39, 0.29) is 22.5 Å². The van der Waals surface area contributed by atoms with Crippen molar-refractivity contribution in [2.75, 3.05) is 0 Å². The number of unbranched alkanes of at least 4 members (excludes halogenated alkanes) is 2. The van der Waals surface area contributed by atoms with Crippen LogP contribution in [0.4, 0.5) is 30.7 Å². The molecule has 10 heteroatoms. The summed E-state index contributed by atoms with van der Waals surface area (Å²) in [5.41, 5.74) is 0.117. The van der Waals surface area contributed by atoms with E-state index in [2.05, 4.69) is 21.6 Å². The van der Waals surface area contributed by atoms with Crippen LogP contribution in [0.5, 0.6) is 5.75 Å². The first-order valence-corrected chi connectivity index (χ1v) is 13.8. The first-order chi connectivity index (χ1) is 21.1. The van der Waals surface area contributed by atoms with Gasteiger partial charge >= 0.3 is 6.11 Å². The number of nitrogens with zero attached hydrogens (tertiary/aromatic N) is 2. The van der Waals surface area contributed by atoms with Gasteiger partial charge in [-0.2, -0.15) is 8.78 Å². The molecule has 0 radical (unpaired) electrons. The second kappa shape index (κ2) is 12.9. The molecule has 0 unspecified atom stereocenters. The van der Waals surface area contributed by atoms with Gasteiger partial charge in [0.1, 0.15) is 28.8 Å². The van der Waals surface area contributed by atoms with Crippen LogP contribution in [0.2, 0.25) is 0 Å². The fourth-order valence-corrected chi connectivity index (χ4v) is 4.70. The summed E-state index contributed by atoms with van der Waals surface area (Å²) in [5, 5.41) is 0. The molecule has 0 atom stereocenters. The Morgan fingerprint density at radius 2 is 1.20 bits per heavy atom. The lowest BCUT2D eigenvalue weighted by molar-refractivity contribution is -0.189. The van der Waals surface area contributed by atoms with E-state index in [0.29, 0.717) is 11.1 Å². The van der Waals surface area contributed by atoms with E-state index >= 15 is 8.78 Å². The third-order valence-electron chi connectivity index (χ3n) is 7.00. The van der Waals surface area contributed by atoms with Crippen molar-refractivity contribution >= 4 is 0 Å². The summed E-state index contributed by atoms with van der Waals surface area (Å²) >= 11 is 0. The molecule has 1 aromatic heterocycles. The number of rotatable bonds is 10. The number of benzene rings is 4. The van der Waals surface area contributed by atoms with Gasteiger partial charge in [-0.3, -0.25) is 0 Å². The highest BCUT2D eigenvalue weighted by Gasteiger charge is 2.41. The SMILES string of the molecule is CCCCCc1cnc(-c2cc(F)c(C(F)(F)Oc3ccc(-c4ccc(-c5ccc(F)c(F)c5)c(F)c4)cc3)c(F)c2)nc1. The van der Waals surface area contributed by atoms with Gasteiger partial charge in [-0.15, -0.1) is 0 Å². The molecule has 0 saturated carbocycles. The summed E-state index contributed by atoms with van der Waals surface area (Å²) in [6, 6.07) is 13.5.